The molecule has 1 atom stereocenters. The zero-order valence-electron chi connectivity index (χ0n) is 11.3. The van der Waals surface area contributed by atoms with Crippen LogP contribution in [0.4, 0.5) is 4.39 Å². The van der Waals surface area contributed by atoms with Crippen molar-refractivity contribution in [2.24, 2.45) is 0 Å². The first-order valence-electron chi connectivity index (χ1n) is 6.74. The van der Waals surface area contributed by atoms with Crippen LogP contribution in [0.1, 0.15) is 38.9 Å². The zero-order valence-corrected chi connectivity index (χ0v) is 12.1. The fourth-order valence-corrected chi connectivity index (χ4v) is 4.22. The molecule has 2 aromatic rings. The summed E-state index contributed by atoms with van der Waals surface area (Å²) >= 11 is 1.83. The average Bonchev–Trinajstić information content (AvgIpc) is 2.95. The fraction of sp³-hybridized carbons (Fsp3) is 0.375. The minimum Gasteiger partial charge on any atom is -0.309 e. The number of benzene rings is 1. The van der Waals surface area contributed by atoms with Gasteiger partial charge in [0, 0.05) is 15.3 Å². The van der Waals surface area contributed by atoms with Crippen LogP contribution >= 0.6 is 11.3 Å². The molecule has 19 heavy (non-hydrogen) atoms. The highest BCUT2D eigenvalue weighted by Crippen LogP contribution is 2.36. The predicted octanol–water partition coefficient (Wildman–Crippen LogP) is 3.99. The molecule has 0 fully saturated rings. The molecule has 1 aliphatic rings. The molecule has 1 aromatic carbocycles. The lowest BCUT2D eigenvalue weighted by atomic mass is 10.0. The Hall–Kier alpha value is -1.19. The van der Waals surface area contributed by atoms with Crippen molar-refractivity contribution in [2.75, 3.05) is 7.05 Å². The number of fused-ring (bicyclic) bond motifs is 1. The third-order valence-electron chi connectivity index (χ3n) is 3.80. The highest BCUT2D eigenvalue weighted by atomic mass is 32.1. The molecule has 1 nitrogen and oxygen atoms in total. The van der Waals surface area contributed by atoms with Crippen molar-refractivity contribution in [3.63, 3.8) is 0 Å². The summed E-state index contributed by atoms with van der Waals surface area (Å²) in [5, 5.41) is 3.26. The van der Waals surface area contributed by atoms with E-state index in [1.54, 1.807) is 6.07 Å². The highest BCUT2D eigenvalue weighted by Gasteiger charge is 2.22. The van der Waals surface area contributed by atoms with E-state index < -0.39 is 0 Å². The quantitative estimate of drug-likeness (QED) is 0.893. The summed E-state index contributed by atoms with van der Waals surface area (Å²) in [6.07, 6.45) is 3.63. The van der Waals surface area contributed by atoms with Gasteiger partial charge in [0.05, 0.1) is 6.04 Å². The van der Waals surface area contributed by atoms with Gasteiger partial charge in [-0.25, -0.2) is 4.39 Å². The Morgan fingerprint density at radius 2 is 2.11 bits per heavy atom. The number of thiophene rings is 1. The molecule has 1 heterocycles. The van der Waals surface area contributed by atoms with Crippen molar-refractivity contribution < 1.29 is 4.39 Å². The SMILES string of the molecule is CNC(c1cc2c(s1)CCC2)c1cc(C)ccc1F. The van der Waals surface area contributed by atoms with E-state index in [9.17, 15) is 4.39 Å². The largest absolute Gasteiger partial charge is 0.309 e. The van der Waals surface area contributed by atoms with E-state index >= 15 is 0 Å². The monoisotopic (exact) mass is 275 g/mol. The third-order valence-corrected chi connectivity index (χ3v) is 5.10. The number of halogens is 1. The van der Waals surface area contributed by atoms with E-state index in [4.69, 9.17) is 0 Å². The number of rotatable bonds is 3. The van der Waals surface area contributed by atoms with Gasteiger partial charge in [0.25, 0.3) is 0 Å². The van der Waals surface area contributed by atoms with Crippen LogP contribution in [0.3, 0.4) is 0 Å². The van der Waals surface area contributed by atoms with Gasteiger partial charge in [0.15, 0.2) is 0 Å². The Balaban J connectivity index is 2.01. The fourth-order valence-electron chi connectivity index (χ4n) is 2.83. The van der Waals surface area contributed by atoms with Gasteiger partial charge in [-0.3, -0.25) is 0 Å². The highest BCUT2D eigenvalue weighted by molar-refractivity contribution is 7.12. The van der Waals surface area contributed by atoms with Crippen molar-refractivity contribution in [1.82, 2.24) is 5.32 Å². The second-order valence-electron chi connectivity index (χ2n) is 5.20. The van der Waals surface area contributed by atoms with Crippen LogP contribution in [0.2, 0.25) is 0 Å². The summed E-state index contributed by atoms with van der Waals surface area (Å²) in [5.74, 6) is -0.126. The van der Waals surface area contributed by atoms with Crippen molar-refractivity contribution >= 4 is 11.3 Å². The Labute approximate surface area is 117 Å². The molecule has 3 rings (SSSR count). The Morgan fingerprint density at radius 1 is 1.26 bits per heavy atom. The molecule has 1 N–H and O–H groups in total. The molecule has 3 heteroatoms. The molecule has 0 saturated heterocycles. The maximum Gasteiger partial charge on any atom is 0.128 e. The summed E-state index contributed by atoms with van der Waals surface area (Å²) < 4.78 is 14.1. The van der Waals surface area contributed by atoms with Crippen molar-refractivity contribution in [3.8, 4) is 0 Å². The maximum absolute atomic E-state index is 14.1. The van der Waals surface area contributed by atoms with E-state index in [-0.39, 0.29) is 11.9 Å². The minimum atomic E-state index is -0.126. The number of nitrogens with one attached hydrogen (secondary N) is 1. The van der Waals surface area contributed by atoms with Crippen LogP contribution in [0, 0.1) is 12.7 Å². The first-order valence-corrected chi connectivity index (χ1v) is 7.55. The van der Waals surface area contributed by atoms with E-state index in [0.717, 1.165) is 11.1 Å². The Bertz CT molecular complexity index is 581. The van der Waals surface area contributed by atoms with E-state index in [1.165, 1.54) is 34.6 Å². The molecular weight excluding hydrogens is 257 g/mol. The molecule has 1 aliphatic carbocycles. The van der Waals surface area contributed by atoms with Crippen molar-refractivity contribution in [1.29, 1.82) is 0 Å². The van der Waals surface area contributed by atoms with Crippen LogP contribution in [-0.4, -0.2) is 7.05 Å². The van der Waals surface area contributed by atoms with Crippen LogP contribution in [-0.2, 0) is 12.8 Å². The van der Waals surface area contributed by atoms with Gasteiger partial charge in [-0.2, -0.15) is 0 Å². The summed E-state index contributed by atoms with van der Waals surface area (Å²) in [7, 11) is 1.90. The minimum absolute atomic E-state index is 0.0319. The van der Waals surface area contributed by atoms with Crippen LogP contribution in [0.25, 0.3) is 0 Å². The number of hydrogen-bond acceptors (Lipinski definition) is 2. The number of aryl methyl sites for hydroxylation is 3. The predicted molar refractivity (Wildman–Crippen MR) is 78.4 cm³/mol. The molecule has 1 unspecified atom stereocenters. The normalized spacial score (nSPS) is 15.5. The first kappa shape index (κ1) is 12.8. The molecule has 0 bridgehead atoms. The van der Waals surface area contributed by atoms with E-state index in [1.807, 2.05) is 37.4 Å². The lowest BCUT2D eigenvalue weighted by Gasteiger charge is -2.16. The van der Waals surface area contributed by atoms with E-state index in [0.29, 0.717) is 0 Å². The second kappa shape index (κ2) is 5.06. The number of hydrogen-bond donors (Lipinski definition) is 1. The summed E-state index contributed by atoms with van der Waals surface area (Å²) in [6.45, 7) is 2.00. The van der Waals surface area contributed by atoms with Gasteiger partial charge in [-0.05, 0) is 50.9 Å². The van der Waals surface area contributed by atoms with Crippen molar-refractivity contribution in [3.05, 3.63) is 56.5 Å². The second-order valence-corrected chi connectivity index (χ2v) is 6.37. The average molecular weight is 275 g/mol. The first-order chi connectivity index (χ1) is 9.19. The van der Waals surface area contributed by atoms with Gasteiger partial charge in [0.2, 0.25) is 0 Å². The van der Waals surface area contributed by atoms with Crippen molar-refractivity contribution in [2.45, 2.75) is 32.2 Å². The Kier molecular flexibility index (Phi) is 3.42. The summed E-state index contributed by atoms with van der Waals surface area (Å²) in [4.78, 5) is 2.72. The lowest BCUT2D eigenvalue weighted by Crippen LogP contribution is -2.18. The molecule has 0 saturated carbocycles. The van der Waals surface area contributed by atoms with E-state index in [2.05, 4.69) is 11.4 Å². The smallest absolute Gasteiger partial charge is 0.128 e. The molecule has 0 amide bonds. The maximum atomic E-state index is 14.1. The van der Waals surface area contributed by atoms with Gasteiger partial charge >= 0.3 is 0 Å². The van der Waals surface area contributed by atoms with Gasteiger partial charge in [0.1, 0.15) is 5.82 Å². The Morgan fingerprint density at radius 3 is 2.84 bits per heavy atom. The molecule has 0 spiro atoms. The zero-order chi connectivity index (χ0) is 13.4. The molecular formula is C16H18FNS. The summed E-state index contributed by atoms with van der Waals surface area (Å²) in [5.41, 5.74) is 3.32. The molecule has 1 aromatic heterocycles. The summed E-state index contributed by atoms with van der Waals surface area (Å²) in [6, 6.07) is 7.56. The van der Waals surface area contributed by atoms with Crippen LogP contribution in [0.5, 0.6) is 0 Å². The molecule has 0 aliphatic heterocycles. The van der Waals surface area contributed by atoms with Gasteiger partial charge in [-0.15, -0.1) is 11.3 Å². The molecule has 100 valence electrons. The lowest BCUT2D eigenvalue weighted by molar-refractivity contribution is 0.578. The van der Waals surface area contributed by atoms with Gasteiger partial charge in [-0.1, -0.05) is 17.7 Å². The topological polar surface area (TPSA) is 12.0 Å². The molecule has 0 radical (unpaired) electrons. The van der Waals surface area contributed by atoms with Gasteiger partial charge < -0.3 is 5.32 Å². The van der Waals surface area contributed by atoms with Crippen LogP contribution in [0.15, 0.2) is 24.3 Å². The standard InChI is InChI=1S/C16H18FNS/c1-10-6-7-13(17)12(8-10)16(18-2)15-9-11-4-3-5-14(11)19-15/h6-9,16,18H,3-5H2,1-2H3. The van der Waals surface area contributed by atoms with Crippen LogP contribution < -0.4 is 5.32 Å². The third kappa shape index (κ3) is 2.33.